The minimum Gasteiger partial charge on any atom is -0.456 e. The van der Waals surface area contributed by atoms with Crippen LogP contribution in [0.5, 0.6) is 0 Å². The van der Waals surface area contributed by atoms with E-state index in [2.05, 4.69) is 217 Å². The van der Waals surface area contributed by atoms with Gasteiger partial charge < -0.3 is 13.9 Å². The van der Waals surface area contributed by atoms with Gasteiger partial charge in [-0.2, -0.15) is 0 Å². The molecule has 62 heavy (non-hydrogen) atoms. The normalized spacial score (nSPS) is 13.1. The fourth-order valence-electron chi connectivity index (χ4n) is 10.5. The Labute approximate surface area is 360 Å². The number of anilines is 3. The Morgan fingerprint density at radius 1 is 0.403 bits per heavy atom. The van der Waals surface area contributed by atoms with Crippen molar-refractivity contribution in [3.8, 4) is 27.9 Å². The molecule has 0 spiro atoms. The molecule has 1 aliphatic heterocycles. The average molecular weight is 809 g/mol. The number of fused-ring (bicyclic) bond motifs is 12. The molecule has 3 heterocycles. The van der Waals surface area contributed by atoms with E-state index in [0.29, 0.717) is 0 Å². The summed E-state index contributed by atoms with van der Waals surface area (Å²) in [6, 6.07) is 75.9. The summed E-state index contributed by atoms with van der Waals surface area (Å²) in [5.74, 6) is 0. The Morgan fingerprint density at radius 3 is 2.03 bits per heavy atom. The first-order valence-electron chi connectivity index (χ1n) is 21.5. The van der Waals surface area contributed by atoms with E-state index in [1.807, 2.05) is 12.1 Å². The summed E-state index contributed by atoms with van der Waals surface area (Å²) in [5.41, 5.74) is 13.7. The molecule has 2 aromatic heterocycles. The Balaban J connectivity index is 1.00. The first-order chi connectivity index (χ1) is 30.5. The van der Waals surface area contributed by atoms with Gasteiger partial charge in [-0.25, -0.2) is 0 Å². The molecule has 1 aliphatic rings. The van der Waals surface area contributed by atoms with Crippen molar-refractivity contribution >= 4 is 101 Å². The number of furan rings is 1. The van der Waals surface area contributed by atoms with Crippen LogP contribution in [0.25, 0.3) is 93.2 Å². The van der Waals surface area contributed by atoms with Crippen LogP contribution in [-0.2, 0) is 0 Å². The second kappa shape index (κ2) is 13.2. The van der Waals surface area contributed by atoms with E-state index in [1.54, 1.807) is 0 Å². The highest BCUT2D eigenvalue weighted by Crippen LogP contribution is 2.43. The topological polar surface area (TPSA) is 21.3 Å². The molecule has 0 unspecified atom stereocenters. The average Bonchev–Trinajstić information content (AvgIpc) is 3.93. The molecule has 0 aliphatic carbocycles. The number of hydrogen-bond acceptors (Lipinski definition) is 2. The van der Waals surface area contributed by atoms with Gasteiger partial charge in [-0.15, -0.1) is 0 Å². The SMILES string of the molecule is C[Si]1(C)c2ccccc2-c2c1ccc1cc3c4cc(-c5cccc(N(c6ccc7ccccc7c6)c6ccc7c(c6)oc6ccccc67)c5)ccc4n(-c4ccccc4)c3cc21. The van der Waals surface area contributed by atoms with Crippen LogP contribution in [0.2, 0.25) is 13.1 Å². The lowest BCUT2D eigenvalue weighted by Gasteiger charge is -2.26. The van der Waals surface area contributed by atoms with Crippen LogP contribution in [0.15, 0.2) is 211 Å². The zero-order valence-electron chi connectivity index (χ0n) is 34.4. The Bertz CT molecular complexity index is 3800. The van der Waals surface area contributed by atoms with Crippen molar-refractivity contribution in [1.82, 2.24) is 4.57 Å². The summed E-state index contributed by atoms with van der Waals surface area (Å²) in [4.78, 5) is 2.36. The summed E-state index contributed by atoms with van der Waals surface area (Å²) in [6.45, 7) is 5.00. The molecule has 3 nitrogen and oxygen atoms in total. The van der Waals surface area contributed by atoms with Gasteiger partial charge in [0.1, 0.15) is 19.2 Å². The number of aromatic nitrogens is 1. The van der Waals surface area contributed by atoms with E-state index in [-0.39, 0.29) is 0 Å². The maximum atomic E-state index is 6.43. The first-order valence-corrected chi connectivity index (χ1v) is 24.5. The van der Waals surface area contributed by atoms with Gasteiger partial charge in [0, 0.05) is 50.4 Å². The lowest BCUT2D eigenvalue weighted by Crippen LogP contribution is -2.49. The van der Waals surface area contributed by atoms with Crippen LogP contribution >= 0.6 is 0 Å². The van der Waals surface area contributed by atoms with Crippen LogP contribution in [-0.4, -0.2) is 12.6 Å². The van der Waals surface area contributed by atoms with Crippen molar-refractivity contribution in [3.05, 3.63) is 206 Å². The van der Waals surface area contributed by atoms with Gasteiger partial charge in [-0.1, -0.05) is 134 Å². The van der Waals surface area contributed by atoms with Crippen molar-refractivity contribution in [2.75, 3.05) is 4.90 Å². The second-order valence-electron chi connectivity index (χ2n) is 17.3. The summed E-state index contributed by atoms with van der Waals surface area (Å²) >= 11 is 0. The molecular formula is C58H40N2OSi. The number of hydrogen-bond donors (Lipinski definition) is 0. The smallest absolute Gasteiger partial charge is 0.137 e. The third-order valence-electron chi connectivity index (χ3n) is 13.5. The highest BCUT2D eigenvalue weighted by molar-refractivity contribution is 7.04. The Kier molecular flexibility index (Phi) is 7.46. The minimum absolute atomic E-state index is 0.873. The molecule has 0 bridgehead atoms. The number of rotatable bonds is 5. The fraction of sp³-hybridized carbons (Fsp3) is 0.0345. The zero-order valence-corrected chi connectivity index (χ0v) is 35.4. The summed E-state index contributed by atoms with van der Waals surface area (Å²) in [7, 11) is -1.82. The van der Waals surface area contributed by atoms with Gasteiger partial charge in [0.15, 0.2) is 0 Å². The number of nitrogens with zero attached hydrogens (tertiary/aromatic N) is 2. The third kappa shape index (κ3) is 5.17. The molecule has 4 heteroatoms. The molecule has 0 amide bonds. The standard InChI is InChI=1S/C58H40N2OSi/c1-62(2)56-22-11-9-20-48(56)58-49-36-53-51(34-41(49)25-30-57(58)62)50-33-40(24-29-52(50)60(53)42-16-4-3-5-17-42)39-15-12-18-43(32-39)59(44-26-23-37-13-6-7-14-38(37)31-44)45-27-28-47-46-19-8-10-21-54(46)61-55(47)35-45/h3-36H,1-2H3. The molecule has 0 saturated carbocycles. The second-order valence-corrected chi connectivity index (χ2v) is 21.7. The van der Waals surface area contributed by atoms with E-state index in [9.17, 15) is 0 Å². The van der Waals surface area contributed by atoms with E-state index >= 15 is 0 Å². The Morgan fingerprint density at radius 2 is 1.11 bits per heavy atom. The van der Waals surface area contributed by atoms with Gasteiger partial charge in [-0.3, -0.25) is 0 Å². The van der Waals surface area contributed by atoms with Crippen molar-refractivity contribution in [2.45, 2.75) is 13.1 Å². The van der Waals surface area contributed by atoms with Gasteiger partial charge in [0.05, 0.1) is 11.0 Å². The molecule has 292 valence electrons. The molecule has 0 atom stereocenters. The molecule has 12 aromatic rings. The quantitative estimate of drug-likeness (QED) is 0.162. The van der Waals surface area contributed by atoms with Crippen molar-refractivity contribution in [2.24, 2.45) is 0 Å². The lowest BCUT2D eigenvalue weighted by atomic mass is 9.96. The predicted octanol–water partition coefficient (Wildman–Crippen LogP) is 14.9. The van der Waals surface area contributed by atoms with Crippen LogP contribution in [0.3, 0.4) is 0 Å². The summed E-state index contributed by atoms with van der Waals surface area (Å²) in [6.07, 6.45) is 0. The van der Waals surface area contributed by atoms with Crippen LogP contribution in [0.4, 0.5) is 17.1 Å². The largest absolute Gasteiger partial charge is 0.456 e. The van der Waals surface area contributed by atoms with Crippen molar-refractivity contribution in [3.63, 3.8) is 0 Å². The summed E-state index contributed by atoms with van der Waals surface area (Å²) < 4.78 is 8.90. The molecule has 0 N–H and O–H groups in total. The molecule has 10 aromatic carbocycles. The predicted molar refractivity (Wildman–Crippen MR) is 265 cm³/mol. The summed E-state index contributed by atoms with van der Waals surface area (Å²) in [5, 5.41) is 12.8. The first kappa shape index (κ1) is 35.1. The van der Waals surface area contributed by atoms with E-state index in [0.717, 1.165) is 50.3 Å². The fourth-order valence-corrected chi connectivity index (χ4v) is 13.6. The van der Waals surface area contributed by atoms with Crippen LogP contribution < -0.4 is 15.3 Å². The molecule has 13 rings (SSSR count). The maximum absolute atomic E-state index is 6.43. The van der Waals surface area contributed by atoms with Gasteiger partial charge >= 0.3 is 0 Å². The number of para-hydroxylation sites is 2. The highest BCUT2D eigenvalue weighted by Gasteiger charge is 2.38. The van der Waals surface area contributed by atoms with Crippen molar-refractivity contribution < 1.29 is 4.42 Å². The lowest BCUT2D eigenvalue weighted by molar-refractivity contribution is 0.669. The minimum atomic E-state index is -1.82. The monoisotopic (exact) mass is 808 g/mol. The van der Waals surface area contributed by atoms with Gasteiger partial charge in [0.25, 0.3) is 0 Å². The van der Waals surface area contributed by atoms with E-state index < -0.39 is 8.07 Å². The zero-order chi connectivity index (χ0) is 41.1. The molecule has 0 fully saturated rings. The molecule has 0 saturated heterocycles. The van der Waals surface area contributed by atoms with E-state index in [1.165, 1.54) is 70.4 Å². The molecule has 0 radical (unpaired) electrons. The van der Waals surface area contributed by atoms with E-state index in [4.69, 9.17) is 4.42 Å². The highest BCUT2D eigenvalue weighted by atomic mass is 28.3. The Hall–Kier alpha value is -7.66. The van der Waals surface area contributed by atoms with Crippen molar-refractivity contribution in [1.29, 1.82) is 0 Å². The molecular weight excluding hydrogens is 769 g/mol. The number of benzene rings is 10. The van der Waals surface area contributed by atoms with Gasteiger partial charge in [-0.05, 0) is 133 Å². The maximum Gasteiger partial charge on any atom is 0.137 e. The van der Waals surface area contributed by atoms with Gasteiger partial charge in [0.2, 0.25) is 0 Å². The third-order valence-corrected chi connectivity index (χ3v) is 17.1. The van der Waals surface area contributed by atoms with Crippen LogP contribution in [0.1, 0.15) is 0 Å². The van der Waals surface area contributed by atoms with Crippen LogP contribution in [0, 0.1) is 0 Å².